The molecule has 2 heterocycles. The van der Waals surface area contributed by atoms with Crippen LogP contribution >= 0.6 is 0 Å². The molecular formula is C30H34N4O2. The zero-order valence-electron chi connectivity index (χ0n) is 21.2. The van der Waals surface area contributed by atoms with Gasteiger partial charge in [-0.1, -0.05) is 56.0 Å². The summed E-state index contributed by atoms with van der Waals surface area (Å²) in [6.45, 7) is 11.0. The average Bonchev–Trinajstić information content (AvgIpc) is 3.19. The van der Waals surface area contributed by atoms with Gasteiger partial charge in [0.2, 0.25) is 5.91 Å². The normalized spacial score (nSPS) is 14.9. The van der Waals surface area contributed by atoms with Crippen LogP contribution in [-0.2, 0) is 11.3 Å². The van der Waals surface area contributed by atoms with E-state index in [2.05, 4.69) is 41.8 Å². The zero-order chi connectivity index (χ0) is 25.2. The molecule has 1 aromatic heterocycles. The Balaban J connectivity index is 1.29. The van der Waals surface area contributed by atoms with Gasteiger partial charge in [-0.05, 0) is 54.8 Å². The molecule has 0 bridgehead atoms. The summed E-state index contributed by atoms with van der Waals surface area (Å²) in [7, 11) is 0. The number of allylic oxidation sites excluding steroid dienone is 1. The van der Waals surface area contributed by atoms with Gasteiger partial charge in [-0.15, -0.1) is 0 Å². The molecule has 0 saturated carbocycles. The molecule has 1 aliphatic rings. The number of likely N-dealkylation sites (tertiary alicyclic amines) is 1. The van der Waals surface area contributed by atoms with Crippen LogP contribution in [0.2, 0.25) is 0 Å². The Hall–Kier alpha value is -3.64. The Morgan fingerprint density at radius 2 is 1.61 bits per heavy atom. The third-order valence-corrected chi connectivity index (χ3v) is 7.36. The van der Waals surface area contributed by atoms with Crippen LogP contribution in [0.15, 0.2) is 78.1 Å². The monoisotopic (exact) mass is 482 g/mol. The first-order chi connectivity index (χ1) is 17.5. The average molecular weight is 483 g/mol. The Labute approximate surface area is 212 Å². The van der Waals surface area contributed by atoms with Crippen LogP contribution in [-0.4, -0.2) is 45.6 Å². The van der Waals surface area contributed by atoms with E-state index in [0.29, 0.717) is 13.0 Å². The number of fused-ring (bicyclic) bond motifs is 2. The van der Waals surface area contributed by atoms with Crippen LogP contribution in [0.1, 0.15) is 33.1 Å². The van der Waals surface area contributed by atoms with Crippen molar-refractivity contribution in [3.8, 4) is 0 Å². The van der Waals surface area contributed by atoms with E-state index in [4.69, 9.17) is 0 Å². The fourth-order valence-corrected chi connectivity index (χ4v) is 5.49. The smallest absolute Gasteiger partial charge is 0.309 e. The number of aromatic nitrogens is 2. The van der Waals surface area contributed by atoms with Gasteiger partial charge in [-0.25, -0.2) is 4.79 Å². The molecule has 0 N–H and O–H groups in total. The number of imidazole rings is 1. The molecule has 0 spiro atoms. The second-order valence-corrected chi connectivity index (χ2v) is 9.72. The SMILES string of the molecule is C=C(C)n1c(=O)n(CCN2CCC(N(C(=O)CC)c3ccc4ccccc4c3)CC2)c2ccccc21. The van der Waals surface area contributed by atoms with Crippen molar-refractivity contribution in [2.45, 2.75) is 45.7 Å². The van der Waals surface area contributed by atoms with Gasteiger partial charge in [0, 0.05) is 50.0 Å². The molecule has 3 aromatic carbocycles. The van der Waals surface area contributed by atoms with Crippen molar-refractivity contribution in [3.63, 3.8) is 0 Å². The first-order valence-electron chi connectivity index (χ1n) is 12.9. The number of amides is 1. The van der Waals surface area contributed by atoms with Crippen molar-refractivity contribution in [2.75, 3.05) is 24.5 Å². The number of piperidine rings is 1. The fraction of sp³-hybridized carbons (Fsp3) is 0.333. The summed E-state index contributed by atoms with van der Waals surface area (Å²) >= 11 is 0. The molecule has 0 unspecified atom stereocenters. The maximum absolute atomic E-state index is 13.1. The number of para-hydroxylation sites is 2. The number of benzene rings is 3. The quantitative estimate of drug-likeness (QED) is 0.357. The summed E-state index contributed by atoms with van der Waals surface area (Å²) in [4.78, 5) is 30.6. The summed E-state index contributed by atoms with van der Waals surface area (Å²) in [5, 5.41) is 2.34. The number of anilines is 1. The van der Waals surface area contributed by atoms with Crippen LogP contribution in [0.5, 0.6) is 0 Å². The van der Waals surface area contributed by atoms with E-state index in [1.165, 1.54) is 5.39 Å². The molecule has 6 heteroatoms. The number of rotatable bonds is 7. The first-order valence-corrected chi connectivity index (χ1v) is 12.9. The standard InChI is InChI=1S/C30H34N4O2/c1-4-29(35)34(26-14-13-23-9-5-6-10-24(23)21-26)25-15-17-31(18-16-25)19-20-32-27-11-7-8-12-28(27)33(22(2)3)30(32)36/h5-14,21,25H,2,4,15-20H2,1,3H3. The molecule has 4 aromatic rings. The van der Waals surface area contributed by atoms with E-state index in [9.17, 15) is 9.59 Å². The molecule has 5 rings (SSSR count). The second-order valence-electron chi connectivity index (χ2n) is 9.72. The third-order valence-electron chi connectivity index (χ3n) is 7.36. The highest BCUT2D eigenvalue weighted by Gasteiger charge is 2.28. The summed E-state index contributed by atoms with van der Waals surface area (Å²) in [5.41, 5.74) is 3.52. The van der Waals surface area contributed by atoms with Gasteiger partial charge < -0.3 is 9.80 Å². The Kier molecular flexibility index (Phi) is 6.79. The summed E-state index contributed by atoms with van der Waals surface area (Å²) in [6.07, 6.45) is 2.32. The highest BCUT2D eigenvalue weighted by molar-refractivity contribution is 5.96. The lowest BCUT2D eigenvalue weighted by molar-refractivity contribution is -0.119. The van der Waals surface area contributed by atoms with Crippen LogP contribution in [0.3, 0.4) is 0 Å². The van der Waals surface area contributed by atoms with Gasteiger partial charge in [0.05, 0.1) is 11.0 Å². The van der Waals surface area contributed by atoms with Crippen molar-refractivity contribution in [1.82, 2.24) is 14.0 Å². The Morgan fingerprint density at radius 3 is 2.31 bits per heavy atom. The van der Waals surface area contributed by atoms with Gasteiger partial charge in [-0.3, -0.25) is 13.9 Å². The number of carbonyl (C=O) groups is 1. The van der Waals surface area contributed by atoms with Crippen LogP contribution in [0.4, 0.5) is 5.69 Å². The number of hydrogen-bond acceptors (Lipinski definition) is 3. The molecule has 0 atom stereocenters. The minimum absolute atomic E-state index is 0.0328. The van der Waals surface area contributed by atoms with Crippen molar-refractivity contribution in [1.29, 1.82) is 0 Å². The lowest BCUT2D eigenvalue weighted by atomic mass is 10.0. The van der Waals surface area contributed by atoms with Crippen molar-refractivity contribution in [2.24, 2.45) is 0 Å². The summed E-state index contributed by atoms with van der Waals surface area (Å²) in [5.74, 6) is 0.169. The van der Waals surface area contributed by atoms with Crippen molar-refractivity contribution in [3.05, 3.63) is 83.8 Å². The lowest BCUT2D eigenvalue weighted by Crippen LogP contribution is -2.48. The van der Waals surface area contributed by atoms with Crippen LogP contribution in [0.25, 0.3) is 27.5 Å². The predicted molar refractivity (Wildman–Crippen MR) is 148 cm³/mol. The largest absolute Gasteiger partial charge is 0.333 e. The molecule has 6 nitrogen and oxygen atoms in total. The number of hydrogen-bond donors (Lipinski definition) is 0. The van der Waals surface area contributed by atoms with E-state index >= 15 is 0 Å². The minimum atomic E-state index is -0.0328. The first kappa shape index (κ1) is 24.1. The Bertz CT molecular complexity index is 1470. The maximum Gasteiger partial charge on any atom is 0.333 e. The highest BCUT2D eigenvalue weighted by Crippen LogP contribution is 2.28. The summed E-state index contributed by atoms with van der Waals surface area (Å²) < 4.78 is 3.55. The lowest BCUT2D eigenvalue weighted by Gasteiger charge is -2.38. The van der Waals surface area contributed by atoms with Crippen LogP contribution < -0.4 is 10.6 Å². The third kappa shape index (κ3) is 4.49. The van der Waals surface area contributed by atoms with Gasteiger partial charge in [0.15, 0.2) is 0 Å². The second kappa shape index (κ2) is 10.2. The summed E-state index contributed by atoms with van der Waals surface area (Å²) in [6, 6.07) is 22.7. The van der Waals surface area contributed by atoms with Gasteiger partial charge in [0.25, 0.3) is 0 Å². The molecule has 1 amide bonds. The van der Waals surface area contributed by atoms with Gasteiger partial charge in [-0.2, -0.15) is 0 Å². The number of nitrogens with zero attached hydrogens (tertiary/aromatic N) is 4. The maximum atomic E-state index is 13.1. The van der Waals surface area contributed by atoms with Gasteiger partial charge in [0.1, 0.15) is 0 Å². The fourth-order valence-electron chi connectivity index (χ4n) is 5.49. The minimum Gasteiger partial charge on any atom is -0.309 e. The van der Waals surface area contributed by atoms with E-state index < -0.39 is 0 Å². The molecule has 0 aliphatic carbocycles. The molecule has 0 radical (unpaired) electrons. The number of carbonyl (C=O) groups excluding carboxylic acids is 1. The van der Waals surface area contributed by atoms with Crippen molar-refractivity contribution < 1.29 is 4.79 Å². The van der Waals surface area contributed by atoms with Gasteiger partial charge >= 0.3 is 5.69 Å². The van der Waals surface area contributed by atoms with E-state index in [1.807, 2.05) is 59.7 Å². The molecule has 1 saturated heterocycles. The Morgan fingerprint density at radius 1 is 0.944 bits per heavy atom. The topological polar surface area (TPSA) is 50.5 Å². The highest BCUT2D eigenvalue weighted by atomic mass is 16.2. The molecule has 186 valence electrons. The molecular weight excluding hydrogens is 448 g/mol. The van der Waals surface area contributed by atoms with Crippen molar-refractivity contribution >= 4 is 39.1 Å². The van der Waals surface area contributed by atoms with Crippen LogP contribution in [0, 0.1) is 0 Å². The predicted octanol–water partition coefficient (Wildman–Crippen LogP) is 5.35. The molecule has 1 fully saturated rings. The molecule has 1 aliphatic heterocycles. The van der Waals surface area contributed by atoms with E-state index in [-0.39, 0.29) is 17.6 Å². The zero-order valence-corrected chi connectivity index (χ0v) is 21.2. The van der Waals surface area contributed by atoms with E-state index in [1.54, 1.807) is 4.57 Å². The molecule has 36 heavy (non-hydrogen) atoms. The van der Waals surface area contributed by atoms with E-state index in [0.717, 1.165) is 60.3 Å².